The summed E-state index contributed by atoms with van der Waals surface area (Å²) in [4.78, 5) is 30.8. The molecule has 3 saturated heterocycles. The maximum atomic E-state index is 12.5. The number of aromatic nitrogens is 2. The van der Waals surface area contributed by atoms with Crippen LogP contribution in [0, 0.1) is 0 Å². The van der Waals surface area contributed by atoms with Crippen LogP contribution in [0.1, 0.15) is 43.6 Å². The van der Waals surface area contributed by atoms with E-state index in [1.165, 1.54) is 18.4 Å². The van der Waals surface area contributed by atoms with Crippen LogP contribution >= 0.6 is 0 Å². The zero-order chi connectivity index (χ0) is 25.5. The van der Waals surface area contributed by atoms with Gasteiger partial charge in [-0.25, -0.2) is 4.79 Å². The Morgan fingerprint density at radius 2 is 1.65 bits per heavy atom. The first-order valence-corrected chi connectivity index (χ1v) is 13.4. The van der Waals surface area contributed by atoms with E-state index in [0.717, 1.165) is 61.3 Å². The molecule has 9 nitrogen and oxygen atoms in total. The number of urea groups is 1. The number of anilines is 3. The van der Waals surface area contributed by atoms with Crippen molar-refractivity contribution in [3.8, 4) is 0 Å². The summed E-state index contributed by atoms with van der Waals surface area (Å²) in [7, 11) is 1.93. The Morgan fingerprint density at radius 3 is 2.35 bits per heavy atom. The Balaban J connectivity index is 1.12. The molecule has 3 aliphatic rings. The van der Waals surface area contributed by atoms with Gasteiger partial charge in [-0.3, -0.25) is 19.7 Å². The van der Waals surface area contributed by atoms with E-state index in [0.29, 0.717) is 24.3 Å². The quantitative estimate of drug-likeness (QED) is 0.532. The van der Waals surface area contributed by atoms with Gasteiger partial charge >= 0.3 is 6.03 Å². The van der Waals surface area contributed by atoms with Crippen molar-refractivity contribution in [3.05, 3.63) is 48.0 Å². The lowest BCUT2D eigenvalue weighted by molar-refractivity contribution is -0.120. The number of likely N-dealkylation sites (tertiary alicyclic amines) is 1. The summed E-state index contributed by atoms with van der Waals surface area (Å²) in [6.07, 6.45) is 4.98. The Hall–Kier alpha value is -3.59. The third-order valence-corrected chi connectivity index (χ3v) is 8.39. The standard InChI is InChI=1S/C28H35N7O2/c1-32-26-23(27(31-32)35-18-13-25(36)30-28(35)37)3-2-4-24(26)34-16-11-22(12-17-34)33-14-9-20(10-15-33)19-5-7-21(29)8-6-19/h2-8,20,22H,9-18,29H2,1H3,(H,30,36,37). The highest BCUT2D eigenvalue weighted by Crippen LogP contribution is 2.36. The number of nitrogens with two attached hydrogens (primary N) is 1. The average Bonchev–Trinajstić information content (AvgIpc) is 3.26. The van der Waals surface area contributed by atoms with Gasteiger partial charge in [-0.2, -0.15) is 5.10 Å². The van der Waals surface area contributed by atoms with Crippen LogP contribution in [0.4, 0.5) is 22.0 Å². The minimum atomic E-state index is -0.400. The highest BCUT2D eigenvalue weighted by atomic mass is 16.2. The molecule has 0 bridgehead atoms. The van der Waals surface area contributed by atoms with Crippen molar-refractivity contribution in [2.45, 2.75) is 44.1 Å². The highest BCUT2D eigenvalue weighted by molar-refractivity contribution is 6.10. The number of hydrogen-bond donors (Lipinski definition) is 2. The monoisotopic (exact) mass is 501 g/mol. The van der Waals surface area contributed by atoms with E-state index in [2.05, 4.69) is 33.3 Å². The van der Waals surface area contributed by atoms with Crippen LogP contribution in [0.5, 0.6) is 0 Å². The van der Waals surface area contributed by atoms with Crippen molar-refractivity contribution >= 4 is 40.0 Å². The van der Waals surface area contributed by atoms with Crippen LogP contribution in [-0.4, -0.2) is 65.4 Å². The van der Waals surface area contributed by atoms with Crippen LogP contribution in [0.15, 0.2) is 42.5 Å². The van der Waals surface area contributed by atoms with Gasteiger partial charge in [0.05, 0.1) is 11.2 Å². The lowest BCUT2D eigenvalue weighted by Gasteiger charge is -2.42. The van der Waals surface area contributed by atoms with E-state index >= 15 is 0 Å². The van der Waals surface area contributed by atoms with Crippen LogP contribution in [0.25, 0.3) is 10.9 Å². The Kier molecular flexibility index (Phi) is 6.24. The number of benzene rings is 2. The molecule has 3 N–H and O–H groups in total. The molecular formula is C28H35N7O2. The molecule has 3 amide bonds. The molecule has 2 aromatic carbocycles. The summed E-state index contributed by atoms with van der Waals surface area (Å²) in [6, 6.07) is 14.9. The average molecular weight is 502 g/mol. The number of carbonyl (C=O) groups excluding carboxylic acids is 2. The zero-order valence-corrected chi connectivity index (χ0v) is 21.4. The number of piperidine rings is 2. The van der Waals surface area contributed by atoms with Crippen LogP contribution in [-0.2, 0) is 11.8 Å². The van der Waals surface area contributed by atoms with Crippen LogP contribution in [0.2, 0.25) is 0 Å². The third-order valence-electron chi connectivity index (χ3n) is 8.39. The van der Waals surface area contributed by atoms with E-state index in [1.807, 2.05) is 36.0 Å². The Morgan fingerprint density at radius 1 is 0.919 bits per heavy atom. The second-order valence-corrected chi connectivity index (χ2v) is 10.6. The van der Waals surface area contributed by atoms with Crippen molar-refractivity contribution in [1.82, 2.24) is 20.0 Å². The van der Waals surface area contributed by atoms with Gasteiger partial charge in [-0.15, -0.1) is 0 Å². The molecule has 0 radical (unpaired) electrons. The summed E-state index contributed by atoms with van der Waals surface area (Å²) < 4.78 is 1.87. The number of nitrogen functional groups attached to an aromatic ring is 1. The number of para-hydroxylation sites is 1. The maximum Gasteiger partial charge on any atom is 0.329 e. The first kappa shape index (κ1) is 23.8. The minimum Gasteiger partial charge on any atom is -0.399 e. The predicted molar refractivity (Wildman–Crippen MR) is 146 cm³/mol. The topological polar surface area (TPSA) is 99.7 Å². The predicted octanol–water partition coefficient (Wildman–Crippen LogP) is 3.45. The molecule has 194 valence electrons. The fourth-order valence-corrected chi connectivity index (χ4v) is 6.36. The number of hydrogen-bond acceptors (Lipinski definition) is 6. The normalized spacial score (nSPS) is 20.6. The molecule has 3 fully saturated rings. The summed E-state index contributed by atoms with van der Waals surface area (Å²) >= 11 is 0. The lowest BCUT2D eigenvalue weighted by atomic mass is 9.88. The number of rotatable bonds is 4. The summed E-state index contributed by atoms with van der Waals surface area (Å²) in [5.74, 6) is 1.01. The number of fused-ring (bicyclic) bond motifs is 1. The summed E-state index contributed by atoms with van der Waals surface area (Å²) in [6.45, 7) is 4.66. The first-order chi connectivity index (χ1) is 18.0. The second-order valence-electron chi connectivity index (χ2n) is 10.6. The second kappa shape index (κ2) is 9.70. The largest absolute Gasteiger partial charge is 0.399 e. The Bertz CT molecular complexity index is 1300. The van der Waals surface area contributed by atoms with Crippen molar-refractivity contribution in [1.29, 1.82) is 0 Å². The van der Waals surface area contributed by atoms with E-state index in [1.54, 1.807) is 4.90 Å². The third kappa shape index (κ3) is 4.52. The highest BCUT2D eigenvalue weighted by Gasteiger charge is 2.31. The van der Waals surface area contributed by atoms with Gasteiger partial charge in [0.15, 0.2) is 5.82 Å². The number of carbonyl (C=O) groups is 2. The number of imide groups is 1. The maximum absolute atomic E-state index is 12.5. The number of amides is 3. The van der Waals surface area contributed by atoms with Gasteiger partial charge in [0.1, 0.15) is 0 Å². The molecule has 0 saturated carbocycles. The number of nitrogens with zero attached hydrogens (tertiary/aromatic N) is 5. The molecule has 6 rings (SSSR count). The van der Waals surface area contributed by atoms with E-state index in [4.69, 9.17) is 10.8 Å². The smallest absolute Gasteiger partial charge is 0.329 e. The van der Waals surface area contributed by atoms with Crippen LogP contribution in [0.3, 0.4) is 0 Å². The SMILES string of the molecule is Cn1nc(N2CCC(=O)NC2=O)c2cccc(N3CCC(N4CCC(c5ccc(N)cc5)CC4)CC3)c21. The van der Waals surface area contributed by atoms with E-state index < -0.39 is 6.03 Å². The number of aryl methyl sites for hydroxylation is 1. The van der Waals surface area contributed by atoms with E-state index in [9.17, 15) is 9.59 Å². The summed E-state index contributed by atoms with van der Waals surface area (Å²) in [5.41, 5.74) is 10.3. The molecule has 0 unspecified atom stereocenters. The van der Waals surface area contributed by atoms with Crippen LogP contribution < -0.4 is 20.9 Å². The van der Waals surface area contributed by atoms with Gasteiger partial charge in [-0.1, -0.05) is 18.2 Å². The molecule has 0 atom stereocenters. The zero-order valence-electron chi connectivity index (χ0n) is 21.4. The first-order valence-electron chi connectivity index (χ1n) is 13.4. The van der Waals surface area contributed by atoms with Gasteiger partial charge in [-0.05, 0) is 74.5 Å². The number of nitrogens with one attached hydrogen (secondary N) is 1. The molecule has 37 heavy (non-hydrogen) atoms. The van der Waals surface area contributed by atoms with Gasteiger partial charge in [0.2, 0.25) is 5.91 Å². The Labute approximate surface area is 217 Å². The van der Waals surface area contributed by atoms with Crippen molar-refractivity contribution < 1.29 is 9.59 Å². The summed E-state index contributed by atoms with van der Waals surface area (Å²) in [5, 5.41) is 8.05. The van der Waals surface area contributed by atoms with E-state index in [-0.39, 0.29) is 12.3 Å². The molecule has 9 heteroatoms. The molecule has 4 heterocycles. The van der Waals surface area contributed by atoms with Crippen molar-refractivity contribution in [2.24, 2.45) is 7.05 Å². The fraction of sp³-hybridized carbons (Fsp3) is 0.464. The molecule has 1 aromatic heterocycles. The molecule has 0 spiro atoms. The van der Waals surface area contributed by atoms with Crippen molar-refractivity contribution in [3.63, 3.8) is 0 Å². The molecule has 0 aliphatic carbocycles. The van der Waals surface area contributed by atoms with Gasteiger partial charge in [0, 0.05) is 50.2 Å². The molecular weight excluding hydrogens is 466 g/mol. The minimum absolute atomic E-state index is 0.237. The van der Waals surface area contributed by atoms with Gasteiger partial charge in [0.25, 0.3) is 0 Å². The molecule has 3 aliphatic heterocycles. The lowest BCUT2D eigenvalue weighted by Crippen LogP contribution is -2.49. The molecule has 3 aromatic rings. The fourth-order valence-electron chi connectivity index (χ4n) is 6.36. The van der Waals surface area contributed by atoms with Gasteiger partial charge < -0.3 is 15.5 Å². The van der Waals surface area contributed by atoms with Crippen molar-refractivity contribution in [2.75, 3.05) is 48.3 Å².